The normalized spacial score (nSPS) is 11.8. The molecule has 1 aromatic carbocycles. The van der Waals surface area contributed by atoms with Gasteiger partial charge >= 0.3 is 0 Å². The lowest BCUT2D eigenvalue weighted by atomic mass is 10.0. The van der Waals surface area contributed by atoms with Crippen LogP contribution in [0.2, 0.25) is 0 Å². The molecule has 2 aromatic rings. The second-order valence-electron chi connectivity index (χ2n) is 4.12. The first-order valence-corrected chi connectivity index (χ1v) is 6.10. The van der Waals surface area contributed by atoms with Crippen molar-refractivity contribution < 1.29 is 19.3 Å². The van der Waals surface area contributed by atoms with Gasteiger partial charge in [0.2, 0.25) is 5.88 Å². The fourth-order valence-electron chi connectivity index (χ4n) is 1.90. The molecule has 0 aliphatic rings. The SMILES string of the molecule is COc1ccc(C(O)c2cccc(OC)n2)c(OC)c1. The van der Waals surface area contributed by atoms with Crippen molar-refractivity contribution in [3.8, 4) is 17.4 Å². The topological polar surface area (TPSA) is 60.8 Å². The summed E-state index contributed by atoms with van der Waals surface area (Å²) in [5.74, 6) is 1.66. The smallest absolute Gasteiger partial charge is 0.213 e. The average Bonchev–Trinajstić information content (AvgIpc) is 2.53. The molecule has 5 heteroatoms. The number of benzene rings is 1. The maximum Gasteiger partial charge on any atom is 0.213 e. The second kappa shape index (κ2) is 6.25. The second-order valence-corrected chi connectivity index (χ2v) is 4.12. The van der Waals surface area contributed by atoms with Crippen LogP contribution in [0.5, 0.6) is 17.4 Å². The first-order valence-electron chi connectivity index (χ1n) is 6.10. The summed E-state index contributed by atoms with van der Waals surface area (Å²) in [6, 6.07) is 10.5. The lowest BCUT2D eigenvalue weighted by Gasteiger charge is -2.15. The number of nitrogens with zero attached hydrogens (tertiary/aromatic N) is 1. The molecular formula is C15H17NO4. The predicted molar refractivity (Wildman–Crippen MR) is 74.4 cm³/mol. The number of hydrogen-bond acceptors (Lipinski definition) is 5. The van der Waals surface area contributed by atoms with Gasteiger partial charge in [-0.1, -0.05) is 6.07 Å². The van der Waals surface area contributed by atoms with Crippen LogP contribution in [0.25, 0.3) is 0 Å². The van der Waals surface area contributed by atoms with Crippen LogP contribution in [0, 0.1) is 0 Å². The van der Waals surface area contributed by atoms with E-state index in [0.29, 0.717) is 28.6 Å². The van der Waals surface area contributed by atoms with E-state index >= 15 is 0 Å². The monoisotopic (exact) mass is 275 g/mol. The number of aliphatic hydroxyl groups is 1. The highest BCUT2D eigenvalue weighted by atomic mass is 16.5. The minimum Gasteiger partial charge on any atom is -0.497 e. The van der Waals surface area contributed by atoms with Crippen LogP contribution in [0.15, 0.2) is 36.4 Å². The first kappa shape index (κ1) is 14.1. The number of rotatable bonds is 5. The summed E-state index contributed by atoms with van der Waals surface area (Å²) in [5, 5.41) is 10.4. The molecule has 0 aliphatic heterocycles. The van der Waals surface area contributed by atoms with Crippen LogP contribution in [-0.4, -0.2) is 31.4 Å². The van der Waals surface area contributed by atoms with E-state index < -0.39 is 6.10 Å². The molecule has 0 radical (unpaired) electrons. The maximum absolute atomic E-state index is 10.4. The van der Waals surface area contributed by atoms with Gasteiger partial charge in [0.25, 0.3) is 0 Å². The summed E-state index contributed by atoms with van der Waals surface area (Å²) < 4.78 is 15.5. The zero-order valence-electron chi connectivity index (χ0n) is 11.7. The van der Waals surface area contributed by atoms with Gasteiger partial charge in [0, 0.05) is 17.7 Å². The Kier molecular flexibility index (Phi) is 4.42. The van der Waals surface area contributed by atoms with E-state index in [1.54, 1.807) is 50.6 Å². The van der Waals surface area contributed by atoms with Crippen LogP contribution in [0.3, 0.4) is 0 Å². The summed E-state index contributed by atoms with van der Waals surface area (Å²) in [4.78, 5) is 4.23. The van der Waals surface area contributed by atoms with Crippen LogP contribution in [-0.2, 0) is 0 Å². The molecule has 1 unspecified atom stereocenters. The first-order chi connectivity index (χ1) is 9.69. The standard InChI is InChI=1S/C15H17NO4/c1-18-10-7-8-11(13(9-10)19-2)15(17)12-5-4-6-14(16-12)20-3/h4-9,15,17H,1-3H3. The number of aromatic nitrogens is 1. The van der Waals surface area contributed by atoms with E-state index in [9.17, 15) is 5.11 Å². The fourth-order valence-corrected chi connectivity index (χ4v) is 1.90. The van der Waals surface area contributed by atoms with E-state index in [1.807, 2.05) is 0 Å². The molecule has 0 spiro atoms. The third kappa shape index (κ3) is 2.83. The van der Waals surface area contributed by atoms with Crippen molar-refractivity contribution in [3.63, 3.8) is 0 Å². The van der Waals surface area contributed by atoms with Crippen molar-refractivity contribution in [1.29, 1.82) is 0 Å². The third-order valence-electron chi connectivity index (χ3n) is 2.97. The summed E-state index contributed by atoms with van der Waals surface area (Å²) in [6.45, 7) is 0. The Hall–Kier alpha value is -2.27. The largest absolute Gasteiger partial charge is 0.497 e. The summed E-state index contributed by atoms with van der Waals surface area (Å²) >= 11 is 0. The van der Waals surface area contributed by atoms with Crippen LogP contribution >= 0.6 is 0 Å². The van der Waals surface area contributed by atoms with Gasteiger partial charge in [-0.15, -0.1) is 0 Å². The highest BCUT2D eigenvalue weighted by Crippen LogP contribution is 2.32. The van der Waals surface area contributed by atoms with Gasteiger partial charge in [0.05, 0.1) is 27.0 Å². The van der Waals surface area contributed by atoms with E-state index in [1.165, 1.54) is 7.11 Å². The van der Waals surface area contributed by atoms with Gasteiger partial charge in [-0.3, -0.25) is 0 Å². The van der Waals surface area contributed by atoms with Gasteiger partial charge in [-0.2, -0.15) is 0 Å². The minimum absolute atomic E-state index is 0.453. The molecule has 1 heterocycles. The lowest BCUT2D eigenvalue weighted by Crippen LogP contribution is -2.05. The number of aliphatic hydroxyl groups excluding tert-OH is 1. The number of ether oxygens (including phenoxy) is 3. The van der Waals surface area contributed by atoms with Crippen molar-refractivity contribution in [1.82, 2.24) is 4.98 Å². The minimum atomic E-state index is -0.897. The summed E-state index contributed by atoms with van der Waals surface area (Å²) in [7, 11) is 4.66. The molecule has 20 heavy (non-hydrogen) atoms. The molecule has 1 aromatic heterocycles. The molecule has 0 saturated heterocycles. The van der Waals surface area contributed by atoms with Crippen LogP contribution < -0.4 is 14.2 Å². The molecular weight excluding hydrogens is 258 g/mol. The number of hydrogen-bond donors (Lipinski definition) is 1. The molecule has 0 saturated carbocycles. The zero-order chi connectivity index (χ0) is 14.5. The summed E-state index contributed by atoms with van der Waals surface area (Å²) in [6.07, 6.45) is -0.897. The summed E-state index contributed by atoms with van der Waals surface area (Å²) in [5.41, 5.74) is 1.11. The molecule has 1 N–H and O–H groups in total. The fraction of sp³-hybridized carbons (Fsp3) is 0.267. The van der Waals surface area contributed by atoms with Crippen molar-refractivity contribution >= 4 is 0 Å². The lowest BCUT2D eigenvalue weighted by molar-refractivity contribution is 0.208. The number of pyridine rings is 1. The Labute approximate surface area is 117 Å². The average molecular weight is 275 g/mol. The van der Waals surface area contributed by atoms with Gasteiger partial charge in [-0.25, -0.2) is 4.98 Å². The Morgan fingerprint density at radius 3 is 2.45 bits per heavy atom. The van der Waals surface area contributed by atoms with E-state index in [0.717, 1.165) is 0 Å². The van der Waals surface area contributed by atoms with Crippen LogP contribution in [0.4, 0.5) is 0 Å². The molecule has 0 bridgehead atoms. The van der Waals surface area contributed by atoms with Crippen molar-refractivity contribution in [2.75, 3.05) is 21.3 Å². The Balaban J connectivity index is 2.39. The highest BCUT2D eigenvalue weighted by Gasteiger charge is 2.18. The van der Waals surface area contributed by atoms with Gasteiger partial charge < -0.3 is 19.3 Å². The number of methoxy groups -OCH3 is 3. The molecule has 0 amide bonds. The molecule has 0 aliphatic carbocycles. The maximum atomic E-state index is 10.4. The third-order valence-corrected chi connectivity index (χ3v) is 2.97. The van der Waals surface area contributed by atoms with E-state index in [2.05, 4.69) is 4.98 Å². The molecule has 0 fully saturated rings. The van der Waals surface area contributed by atoms with Gasteiger partial charge in [-0.05, 0) is 18.2 Å². The van der Waals surface area contributed by atoms with E-state index in [-0.39, 0.29) is 0 Å². The van der Waals surface area contributed by atoms with Gasteiger partial charge in [0.15, 0.2) is 0 Å². The molecule has 5 nitrogen and oxygen atoms in total. The van der Waals surface area contributed by atoms with Crippen LogP contribution in [0.1, 0.15) is 17.4 Å². The van der Waals surface area contributed by atoms with E-state index in [4.69, 9.17) is 14.2 Å². The quantitative estimate of drug-likeness (QED) is 0.906. The highest BCUT2D eigenvalue weighted by molar-refractivity contribution is 5.44. The van der Waals surface area contributed by atoms with Crippen molar-refractivity contribution in [2.24, 2.45) is 0 Å². The Morgan fingerprint density at radius 2 is 1.80 bits per heavy atom. The van der Waals surface area contributed by atoms with Crippen molar-refractivity contribution in [2.45, 2.75) is 6.10 Å². The molecule has 1 atom stereocenters. The predicted octanol–water partition coefficient (Wildman–Crippen LogP) is 2.19. The Bertz CT molecular complexity index is 586. The molecule has 2 rings (SSSR count). The van der Waals surface area contributed by atoms with Crippen molar-refractivity contribution in [3.05, 3.63) is 47.7 Å². The Morgan fingerprint density at radius 1 is 1.00 bits per heavy atom. The zero-order valence-corrected chi connectivity index (χ0v) is 11.7. The molecule has 106 valence electrons. The van der Waals surface area contributed by atoms with Gasteiger partial charge in [0.1, 0.15) is 17.6 Å².